The molecule has 1 N–H and O–H groups in total. The van der Waals surface area contributed by atoms with Crippen LogP contribution in [0.4, 0.5) is 0 Å². The maximum Gasteiger partial charge on any atom is 0.307 e. The minimum Gasteiger partial charge on any atom is -0.466 e. The highest BCUT2D eigenvalue weighted by Gasteiger charge is 2.20. The average molecular weight is 201 g/mol. The van der Waals surface area contributed by atoms with Gasteiger partial charge in [0, 0.05) is 32.7 Å². The minimum absolute atomic E-state index is 0.116. The standard InChI is InChI=1S/C10H19NO3/c1-13-7-2-8-14-10(12)5-6-11-9-3-4-9/h9,11H,2-8H2,1H3. The molecule has 4 heteroatoms. The van der Waals surface area contributed by atoms with Gasteiger partial charge in [0.05, 0.1) is 13.0 Å². The second-order valence-electron chi connectivity index (χ2n) is 3.55. The number of hydrogen-bond acceptors (Lipinski definition) is 4. The molecule has 0 aromatic rings. The van der Waals surface area contributed by atoms with Crippen LogP contribution in [0.5, 0.6) is 0 Å². The number of nitrogens with one attached hydrogen (secondary N) is 1. The van der Waals surface area contributed by atoms with Crippen LogP contribution in [0, 0.1) is 0 Å². The highest BCUT2D eigenvalue weighted by Crippen LogP contribution is 2.18. The molecule has 0 aliphatic heterocycles. The summed E-state index contributed by atoms with van der Waals surface area (Å²) in [6.45, 7) is 1.86. The molecule has 1 aliphatic carbocycles. The van der Waals surface area contributed by atoms with Gasteiger partial charge in [-0.2, -0.15) is 0 Å². The Labute approximate surface area is 85.0 Å². The number of esters is 1. The third-order valence-corrected chi connectivity index (χ3v) is 2.10. The van der Waals surface area contributed by atoms with E-state index < -0.39 is 0 Å². The monoisotopic (exact) mass is 201 g/mol. The van der Waals surface area contributed by atoms with Gasteiger partial charge < -0.3 is 14.8 Å². The van der Waals surface area contributed by atoms with Gasteiger partial charge in [0.15, 0.2) is 0 Å². The Morgan fingerprint density at radius 3 is 2.86 bits per heavy atom. The minimum atomic E-state index is -0.116. The van der Waals surface area contributed by atoms with E-state index in [0.717, 1.165) is 13.0 Å². The molecule has 0 aromatic carbocycles. The van der Waals surface area contributed by atoms with E-state index >= 15 is 0 Å². The SMILES string of the molecule is COCCCOC(=O)CCNC1CC1. The summed E-state index contributed by atoms with van der Waals surface area (Å²) in [5.74, 6) is -0.116. The van der Waals surface area contributed by atoms with Crippen LogP contribution < -0.4 is 5.32 Å². The molecular formula is C10H19NO3. The molecule has 0 spiro atoms. The molecule has 4 nitrogen and oxygen atoms in total. The van der Waals surface area contributed by atoms with Crippen molar-refractivity contribution in [2.75, 3.05) is 26.9 Å². The second-order valence-corrected chi connectivity index (χ2v) is 3.55. The zero-order valence-electron chi connectivity index (χ0n) is 8.75. The summed E-state index contributed by atoms with van der Waals surface area (Å²) in [4.78, 5) is 11.1. The van der Waals surface area contributed by atoms with Gasteiger partial charge >= 0.3 is 5.97 Å². The maximum atomic E-state index is 11.1. The predicted octanol–water partition coefficient (Wildman–Crippen LogP) is 0.708. The van der Waals surface area contributed by atoms with Crippen LogP contribution in [0.2, 0.25) is 0 Å². The summed E-state index contributed by atoms with van der Waals surface area (Å²) in [5.41, 5.74) is 0. The average Bonchev–Trinajstić information content (AvgIpc) is 2.96. The summed E-state index contributed by atoms with van der Waals surface area (Å²) in [6.07, 6.45) is 3.76. The van der Waals surface area contributed by atoms with E-state index in [4.69, 9.17) is 9.47 Å². The van der Waals surface area contributed by atoms with Crippen molar-refractivity contribution in [1.29, 1.82) is 0 Å². The molecule has 0 heterocycles. The zero-order chi connectivity index (χ0) is 10.2. The van der Waals surface area contributed by atoms with E-state index in [9.17, 15) is 4.79 Å². The van der Waals surface area contributed by atoms with Crippen molar-refractivity contribution < 1.29 is 14.3 Å². The van der Waals surface area contributed by atoms with Crippen LogP contribution in [0.3, 0.4) is 0 Å². The number of rotatable bonds is 8. The van der Waals surface area contributed by atoms with Gasteiger partial charge in [-0.25, -0.2) is 0 Å². The molecule has 0 saturated heterocycles. The molecule has 0 radical (unpaired) electrons. The van der Waals surface area contributed by atoms with E-state index in [-0.39, 0.29) is 5.97 Å². The Kier molecular flexibility index (Phi) is 5.56. The van der Waals surface area contributed by atoms with E-state index in [2.05, 4.69) is 5.32 Å². The number of ether oxygens (including phenoxy) is 2. The van der Waals surface area contributed by atoms with Gasteiger partial charge in [-0.1, -0.05) is 0 Å². The van der Waals surface area contributed by atoms with Crippen LogP contribution in [0.15, 0.2) is 0 Å². The molecule has 0 atom stereocenters. The fourth-order valence-corrected chi connectivity index (χ4v) is 1.13. The molecule has 1 rings (SSSR count). The van der Waals surface area contributed by atoms with Crippen molar-refractivity contribution in [3.8, 4) is 0 Å². The Bertz CT molecular complexity index is 169. The molecule has 82 valence electrons. The van der Waals surface area contributed by atoms with Gasteiger partial charge in [-0.05, 0) is 12.8 Å². The third kappa shape index (κ3) is 5.94. The van der Waals surface area contributed by atoms with Gasteiger partial charge in [0.25, 0.3) is 0 Å². The lowest BCUT2D eigenvalue weighted by Gasteiger charge is -2.04. The lowest BCUT2D eigenvalue weighted by atomic mass is 10.4. The van der Waals surface area contributed by atoms with Crippen LogP contribution in [-0.2, 0) is 14.3 Å². The quantitative estimate of drug-likeness (QED) is 0.464. The lowest BCUT2D eigenvalue weighted by molar-refractivity contribution is -0.143. The molecule has 0 amide bonds. The maximum absolute atomic E-state index is 11.1. The van der Waals surface area contributed by atoms with Crippen molar-refractivity contribution in [3.63, 3.8) is 0 Å². The van der Waals surface area contributed by atoms with Gasteiger partial charge in [-0.3, -0.25) is 4.79 Å². The number of carbonyl (C=O) groups is 1. The van der Waals surface area contributed by atoms with Crippen molar-refractivity contribution in [2.45, 2.75) is 31.7 Å². The molecule has 0 aromatic heterocycles. The summed E-state index contributed by atoms with van der Waals surface area (Å²) >= 11 is 0. The normalized spacial score (nSPS) is 15.5. The molecule has 0 bridgehead atoms. The third-order valence-electron chi connectivity index (χ3n) is 2.10. The molecular weight excluding hydrogens is 182 g/mol. The second kappa shape index (κ2) is 6.79. The van der Waals surface area contributed by atoms with Crippen LogP contribution >= 0.6 is 0 Å². The Morgan fingerprint density at radius 1 is 1.43 bits per heavy atom. The van der Waals surface area contributed by atoms with Crippen LogP contribution in [0.25, 0.3) is 0 Å². The first kappa shape index (κ1) is 11.5. The van der Waals surface area contributed by atoms with Crippen molar-refractivity contribution in [1.82, 2.24) is 5.32 Å². The number of carbonyl (C=O) groups excluding carboxylic acids is 1. The number of methoxy groups -OCH3 is 1. The van der Waals surface area contributed by atoms with Gasteiger partial charge in [0.2, 0.25) is 0 Å². The van der Waals surface area contributed by atoms with E-state index in [1.807, 2.05) is 0 Å². The Hall–Kier alpha value is -0.610. The molecule has 1 saturated carbocycles. The smallest absolute Gasteiger partial charge is 0.307 e. The van der Waals surface area contributed by atoms with Crippen molar-refractivity contribution >= 4 is 5.97 Å². The molecule has 1 fully saturated rings. The van der Waals surface area contributed by atoms with Crippen molar-refractivity contribution in [3.05, 3.63) is 0 Å². The molecule has 14 heavy (non-hydrogen) atoms. The summed E-state index contributed by atoms with van der Waals surface area (Å²) < 4.78 is 9.83. The summed E-state index contributed by atoms with van der Waals surface area (Å²) in [5, 5.41) is 3.26. The van der Waals surface area contributed by atoms with Gasteiger partial charge in [0.1, 0.15) is 0 Å². The first-order chi connectivity index (χ1) is 6.83. The summed E-state index contributed by atoms with van der Waals surface area (Å²) in [6, 6.07) is 0.663. The van der Waals surface area contributed by atoms with E-state index in [0.29, 0.717) is 25.7 Å². The molecule has 0 unspecified atom stereocenters. The first-order valence-corrected chi connectivity index (χ1v) is 5.21. The Balaban J connectivity index is 1.82. The topological polar surface area (TPSA) is 47.6 Å². The largest absolute Gasteiger partial charge is 0.466 e. The zero-order valence-corrected chi connectivity index (χ0v) is 8.75. The van der Waals surface area contributed by atoms with Crippen molar-refractivity contribution in [2.24, 2.45) is 0 Å². The Morgan fingerprint density at radius 2 is 2.21 bits per heavy atom. The van der Waals surface area contributed by atoms with Crippen LogP contribution in [0.1, 0.15) is 25.7 Å². The van der Waals surface area contributed by atoms with E-state index in [1.54, 1.807) is 7.11 Å². The summed E-state index contributed by atoms with van der Waals surface area (Å²) in [7, 11) is 1.64. The highest BCUT2D eigenvalue weighted by atomic mass is 16.5. The fourth-order valence-electron chi connectivity index (χ4n) is 1.13. The predicted molar refractivity (Wildman–Crippen MR) is 53.1 cm³/mol. The first-order valence-electron chi connectivity index (χ1n) is 5.21. The van der Waals surface area contributed by atoms with Crippen LogP contribution in [-0.4, -0.2) is 38.9 Å². The van der Waals surface area contributed by atoms with Gasteiger partial charge in [-0.15, -0.1) is 0 Å². The van der Waals surface area contributed by atoms with E-state index in [1.165, 1.54) is 12.8 Å². The number of hydrogen-bond donors (Lipinski definition) is 1. The molecule has 1 aliphatic rings. The lowest BCUT2D eigenvalue weighted by Crippen LogP contribution is -2.21. The highest BCUT2D eigenvalue weighted by molar-refractivity contribution is 5.69. The fraction of sp³-hybridized carbons (Fsp3) is 0.900.